The molecule has 2 nitrogen and oxygen atoms in total. The maximum absolute atomic E-state index is 5.69. The topological polar surface area (TPSA) is 35.2 Å². The lowest BCUT2D eigenvalue weighted by Crippen LogP contribution is -2.35. The van der Waals surface area contributed by atoms with Crippen molar-refractivity contribution in [2.75, 3.05) is 13.7 Å². The summed E-state index contributed by atoms with van der Waals surface area (Å²) in [4.78, 5) is 0. The molecule has 1 saturated carbocycles. The third kappa shape index (κ3) is 3.84. The number of nitrogens with two attached hydrogens (primary N) is 1. The molecule has 0 aromatic heterocycles. The Kier molecular flexibility index (Phi) is 5.26. The molecule has 0 saturated heterocycles. The average molecular weight is 208 g/mol. The van der Waals surface area contributed by atoms with E-state index in [-0.39, 0.29) is 12.4 Å². The number of hydrogen-bond donors (Lipinski definition) is 1. The molecule has 3 heteroatoms. The van der Waals surface area contributed by atoms with Gasteiger partial charge in [-0.05, 0) is 37.1 Å². The molecule has 0 bridgehead atoms. The van der Waals surface area contributed by atoms with Crippen molar-refractivity contribution >= 4 is 12.4 Å². The highest BCUT2D eigenvalue weighted by atomic mass is 35.5. The Morgan fingerprint density at radius 2 is 2.00 bits per heavy atom. The van der Waals surface area contributed by atoms with Gasteiger partial charge in [0.15, 0.2) is 0 Å². The first-order valence-electron chi connectivity index (χ1n) is 4.80. The summed E-state index contributed by atoms with van der Waals surface area (Å²) in [5.74, 6) is 0.665. The van der Waals surface area contributed by atoms with Crippen LogP contribution in [-0.2, 0) is 4.74 Å². The molecule has 2 unspecified atom stereocenters. The summed E-state index contributed by atoms with van der Waals surface area (Å²) in [6.45, 7) is 5.42. The van der Waals surface area contributed by atoms with E-state index in [1.165, 1.54) is 12.8 Å². The molecule has 0 spiro atoms. The Hall–Kier alpha value is 0.210. The fourth-order valence-electron chi connectivity index (χ4n) is 2.38. The van der Waals surface area contributed by atoms with E-state index >= 15 is 0 Å². The molecule has 2 atom stereocenters. The molecule has 1 fully saturated rings. The van der Waals surface area contributed by atoms with Gasteiger partial charge in [-0.25, -0.2) is 0 Å². The Morgan fingerprint density at radius 1 is 1.38 bits per heavy atom. The third-order valence-electron chi connectivity index (χ3n) is 2.88. The summed E-state index contributed by atoms with van der Waals surface area (Å²) in [5.41, 5.74) is 6.11. The summed E-state index contributed by atoms with van der Waals surface area (Å²) in [6.07, 6.45) is 4.02. The van der Waals surface area contributed by atoms with E-state index in [0.717, 1.165) is 13.0 Å². The second kappa shape index (κ2) is 5.18. The van der Waals surface area contributed by atoms with Crippen molar-refractivity contribution in [3.05, 3.63) is 0 Å². The van der Waals surface area contributed by atoms with Crippen LogP contribution in [0.15, 0.2) is 0 Å². The molecule has 2 N–H and O–H groups in total. The van der Waals surface area contributed by atoms with Gasteiger partial charge in [-0.3, -0.25) is 0 Å². The number of hydrogen-bond acceptors (Lipinski definition) is 2. The molecule has 0 heterocycles. The van der Waals surface area contributed by atoms with Crippen LogP contribution in [-0.4, -0.2) is 19.8 Å². The lowest BCUT2D eigenvalue weighted by molar-refractivity contribution is 0.00307. The van der Waals surface area contributed by atoms with Gasteiger partial charge >= 0.3 is 0 Å². The maximum atomic E-state index is 5.69. The van der Waals surface area contributed by atoms with Gasteiger partial charge in [-0.1, -0.05) is 13.8 Å². The highest BCUT2D eigenvalue weighted by Gasteiger charge is 2.33. The van der Waals surface area contributed by atoms with Crippen LogP contribution < -0.4 is 5.73 Å². The van der Waals surface area contributed by atoms with Gasteiger partial charge in [0.05, 0.1) is 6.10 Å². The fourth-order valence-corrected chi connectivity index (χ4v) is 2.38. The Balaban J connectivity index is 0.00000144. The standard InChI is InChI=1S/C10H21NO.ClH/c1-10(2)5-8(7-11)4-9(6-10)12-3;/h8-9H,4-7,11H2,1-3H3;1H. The predicted octanol–water partition coefficient (Wildman–Crippen LogP) is 2.21. The first-order chi connectivity index (χ1) is 5.57. The molecule has 0 aliphatic heterocycles. The van der Waals surface area contributed by atoms with E-state index in [1.807, 2.05) is 0 Å². The minimum atomic E-state index is 0. The number of halogens is 1. The van der Waals surface area contributed by atoms with Crippen molar-refractivity contribution in [1.82, 2.24) is 0 Å². The zero-order chi connectivity index (χ0) is 9.19. The van der Waals surface area contributed by atoms with E-state index in [1.54, 1.807) is 7.11 Å². The van der Waals surface area contributed by atoms with Crippen LogP contribution in [0.4, 0.5) is 0 Å². The van der Waals surface area contributed by atoms with Crippen LogP contribution >= 0.6 is 12.4 Å². The van der Waals surface area contributed by atoms with Crippen molar-refractivity contribution in [2.24, 2.45) is 17.1 Å². The maximum Gasteiger partial charge on any atom is 0.0579 e. The first kappa shape index (κ1) is 13.2. The second-order valence-corrected chi connectivity index (χ2v) is 4.77. The minimum absolute atomic E-state index is 0. The number of methoxy groups -OCH3 is 1. The number of ether oxygens (including phenoxy) is 1. The molecular formula is C10H22ClNO. The summed E-state index contributed by atoms with van der Waals surface area (Å²) in [6, 6.07) is 0. The van der Waals surface area contributed by atoms with Gasteiger partial charge in [-0.2, -0.15) is 0 Å². The summed E-state index contributed by atoms with van der Waals surface area (Å²) in [7, 11) is 1.81. The molecule has 0 radical (unpaired) electrons. The second-order valence-electron chi connectivity index (χ2n) is 4.77. The van der Waals surface area contributed by atoms with Crippen LogP contribution in [0.2, 0.25) is 0 Å². The van der Waals surface area contributed by atoms with Crippen LogP contribution in [0.25, 0.3) is 0 Å². The van der Waals surface area contributed by atoms with Gasteiger partial charge in [0.25, 0.3) is 0 Å². The molecule has 1 rings (SSSR count). The molecule has 0 amide bonds. The molecule has 80 valence electrons. The summed E-state index contributed by atoms with van der Waals surface area (Å²) >= 11 is 0. The van der Waals surface area contributed by atoms with Crippen molar-refractivity contribution in [3.63, 3.8) is 0 Å². The van der Waals surface area contributed by atoms with Crippen LogP contribution in [0.5, 0.6) is 0 Å². The summed E-state index contributed by atoms with van der Waals surface area (Å²) < 4.78 is 5.40. The Bertz CT molecular complexity index is 136. The van der Waals surface area contributed by atoms with E-state index in [9.17, 15) is 0 Å². The predicted molar refractivity (Wildman–Crippen MR) is 58.2 cm³/mol. The van der Waals surface area contributed by atoms with Gasteiger partial charge in [0.2, 0.25) is 0 Å². The molecule has 1 aliphatic carbocycles. The lowest BCUT2D eigenvalue weighted by Gasteiger charge is -2.39. The SMILES string of the molecule is COC1CC(CN)CC(C)(C)C1.Cl. The monoisotopic (exact) mass is 207 g/mol. The lowest BCUT2D eigenvalue weighted by atomic mass is 9.71. The van der Waals surface area contributed by atoms with E-state index in [0.29, 0.717) is 17.4 Å². The first-order valence-corrected chi connectivity index (χ1v) is 4.80. The van der Waals surface area contributed by atoms with Crippen LogP contribution in [0.1, 0.15) is 33.1 Å². The molecule has 13 heavy (non-hydrogen) atoms. The molecule has 1 aliphatic rings. The number of rotatable bonds is 2. The van der Waals surface area contributed by atoms with Crippen LogP contribution in [0, 0.1) is 11.3 Å². The van der Waals surface area contributed by atoms with Crippen molar-refractivity contribution in [1.29, 1.82) is 0 Å². The van der Waals surface area contributed by atoms with Gasteiger partial charge in [0, 0.05) is 7.11 Å². The summed E-state index contributed by atoms with van der Waals surface area (Å²) in [5, 5.41) is 0. The van der Waals surface area contributed by atoms with Crippen LogP contribution in [0.3, 0.4) is 0 Å². The minimum Gasteiger partial charge on any atom is -0.381 e. The molecular weight excluding hydrogens is 186 g/mol. The zero-order valence-corrected chi connectivity index (χ0v) is 9.69. The largest absolute Gasteiger partial charge is 0.381 e. The van der Waals surface area contributed by atoms with Crippen molar-refractivity contribution < 1.29 is 4.74 Å². The van der Waals surface area contributed by atoms with Gasteiger partial charge in [0.1, 0.15) is 0 Å². The Morgan fingerprint density at radius 3 is 2.46 bits per heavy atom. The third-order valence-corrected chi connectivity index (χ3v) is 2.88. The Labute approximate surface area is 87.6 Å². The zero-order valence-electron chi connectivity index (χ0n) is 8.88. The van der Waals surface area contributed by atoms with Gasteiger partial charge < -0.3 is 10.5 Å². The van der Waals surface area contributed by atoms with E-state index in [2.05, 4.69) is 13.8 Å². The highest BCUT2D eigenvalue weighted by Crippen LogP contribution is 2.39. The van der Waals surface area contributed by atoms with E-state index < -0.39 is 0 Å². The average Bonchev–Trinajstić information content (AvgIpc) is 2.01. The van der Waals surface area contributed by atoms with E-state index in [4.69, 9.17) is 10.5 Å². The smallest absolute Gasteiger partial charge is 0.0579 e. The normalized spacial score (nSPS) is 32.3. The highest BCUT2D eigenvalue weighted by molar-refractivity contribution is 5.85. The fraction of sp³-hybridized carbons (Fsp3) is 1.00. The van der Waals surface area contributed by atoms with Crippen molar-refractivity contribution in [2.45, 2.75) is 39.2 Å². The van der Waals surface area contributed by atoms with Gasteiger partial charge in [-0.15, -0.1) is 12.4 Å². The molecule has 0 aromatic rings. The van der Waals surface area contributed by atoms with Crippen molar-refractivity contribution in [3.8, 4) is 0 Å². The molecule has 0 aromatic carbocycles. The quantitative estimate of drug-likeness (QED) is 0.754.